The Balaban J connectivity index is 1.94. The van der Waals surface area contributed by atoms with Crippen molar-refractivity contribution in [3.8, 4) is 5.75 Å². The fraction of sp³-hybridized carbons (Fsp3) is 0.250. The number of phenolic OH excluding ortho intramolecular Hbond substituents is 1. The summed E-state index contributed by atoms with van der Waals surface area (Å²) in [5.74, 6) is 0.823. The topological polar surface area (TPSA) is 20.2 Å². The molecule has 2 atom stereocenters. The molecule has 0 bridgehead atoms. The van der Waals surface area contributed by atoms with Gasteiger partial charge in [-0.15, -0.1) is 0 Å². The van der Waals surface area contributed by atoms with E-state index in [1.807, 2.05) is 12.1 Å². The van der Waals surface area contributed by atoms with Crippen LogP contribution in [0.15, 0.2) is 66.7 Å². The largest absolute Gasteiger partial charge is 0.508 e. The second-order valence-corrected chi connectivity index (χ2v) is 7.08. The SMILES string of the molecule is Cc1ccc(C(C)c2ccc(O)c(C(C)c3ccc(C)cc3)c2)cc1. The molecular weight excluding hydrogens is 304 g/mol. The lowest BCUT2D eigenvalue weighted by Crippen LogP contribution is -2.01. The molecule has 0 spiro atoms. The predicted octanol–water partition coefficient (Wildman–Crippen LogP) is 6.31. The van der Waals surface area contributed by atoms with Gasteiger partial charge in [0.1, 0.15) is 5.75 Å². The molecule has 0 heterocycles. The highest BCUT2D eigenvalue weighted by Crippen LogP contribution is 2.35. The van der Waals surface area contributed by atoms with Crippen molar-refractivity contribution in [3.63, 3.8) is 0 Å². The number of hydrogen-bond acceptors (Lipinski definition) is 1. The molecule has 1 heteroatoms. The van der Waals surface area contributed by atoms with Crippen molar-refractivity contribution in [1.82, 2.24) is 0 Å². The first-order chi connectivity index (χ1) is 12.0. The molecule has 0 aliphatic heterocycles. The van der Waals surface area contributed by atoms with E-state index in [4.69, 9.17) is 0 Å². The smallest absolute Gasteiger partial charge is 0.119 e. The van der Waals surface area contributed by atoms with Crippen LogP contribution in [0.3, 0.4) is 0 Å². The van der Waals surface area contributed by atoms with Crippen LogP contribution in [0, 0.1) is 13.8 Å². The van der Waals surface area contributed by atoms with Crippen molar-refractivity contribution in [2.24, 2.45) is 0 Å². The van der Waals surface area contributed by atoms with Gasteiger partial charge < -0.3 is 5.11 Å². The molecule has 2 unspecified atom stereocenters. The van der Waals surface area contributed by atoms with Gasteiger partial charge in [-0.3, -0.25) is 0 Å². The number of benzene rings is 3. The summed E-state index contributed by atoms with van der Waals surface area (Å²) in [5.41, 5.74) is 7.26. The molecule has 0 radical (unpaired) electrons. The number of aromatic hydroxyl groups is 1. The maximum absolute atomic E-state index is 10.4. The van der Waals surface area contributed by atoms with Crippen LogP contribution >= 0.6 is 0 Å². The van der Waals surface area contributed by atoms with Crippen molar-refractivity contribution in [3.05, 3.63) is 100 Å². The molecule has 1 nitrogen and oxygen atoms in total. The lowest BCUT2D eigenvalue weighted by molar-refractivity contribution is 0.465. The van der Waals surface area contributed by atoms with Gasteiger partial charge in [0.15, 0.2) is 0 Å². The Morgan fingerprint density at radius 3 is 1.56 bits per heavy atom. The summed E-state index contributed by atoms with van der Waals surface area (Å²) in [5, 5.41) is 10.4. The summed E-state index contributed by atoms with van der Waals surface area (Å²) in [6.07, 6.45) is 0. The summed E-state index contributed by atoms with van der Waals surface area (Å²) in [4.78, 5) is 0. The van der Waals surface area contributed by atoms with E-state index in [-0.39, 0.29) is 5.92 Å². The van der Waals surface area contributed by atoms with Gasteiger partial charge in [0.25, 0.3) is 0 Å². The zero-order valence-corrected chi connectivity index (χ0v) is 15.5. The third-order valence-electron chi connectivity index (χ3n) is 5.17. The van der Waals surface area contributed by atoms with Crippen molar-refractivity contribution < 1.29 is 5.11 Å². The molecule has 0 saturated carbocycles. The first kappa shape index (κ1) is 17.3. The van der Waals surface area contributed by atoms with Gasteiger partial charge in [-0.05, 0) is 36.6 Å². The normalized spacial score (nSPS) is 13.4. The molecule has 0 amide bonds. The van der Waals surface area contributed by atoms with Crippen molar-refractivity contribution >= 4 is 0 Å². The van der Waals surface area contributed by atoms with Gasteiger partial charge in [-0.1, -0.05) is 85.6 Å². The molecule has 0 aliphatic rings. The van der Waals surface area contributed by atoms with Crippen LogP contribution in [0.5, 0.6) is 5.75 Å². The average Bonchev–Trinajstić information content (AvgIpc) is 2.62. The average molecular weight is 330 g/mol. The summed E-state index contributed by atoms with van der Waals surface area (Å²) in [6, 6.07) is 23.3. The molecule has 3 aromatic carbocycles. The van der Waals surface area contributed by atoms with Crippen molar-refractivity contribution in [2.45, 2.75) is 39.5 Å². The molecule has 3 aromatic rings. The van der Waals surface area contributed by atoms with Crippen LogP contribution in [-0.4, -0.2) is 5.11 Å². The van der Waals surface area contributed by atoms with Gasteiger partial charge in [0.05, 0.1) is 0 Å². The molecule has 0 fully saturated rings. The maximum Gasteiger partial charge on any atom is 0.119 e. The third kappa shape index (κ3) is 3.76. The first-order valence-electron chi connectivity index (χ1n) is 8.91. The van der Waals surface area contributed by atoms with Gasteiger partial charge in [-0.25, -0.2) is 0 Å². The Labute approximate surface area is 151 Å². The highest BCUT2D eigenvalue weighted by molar-refractivity contribution is 5.46. The summed E-state index contributed by atoms with van der Waals surface area (Å²) < 4.78 is 0. The lowest BCUT2D eigenvalue weighted by atomic mass is 9.86. The van der Waals surface area contributed by atoms with E-state index < -0.39 is 0 Å². The second kappa shape index (κ2) is 7.14. The van der Waals surface area contributed by atoms with E-state index in [9.17, 15) is 5.11 Å². The molecule has 128 valence electrons. The number of aryl methyl sites for hydroxylation is 2. The van der Waals surface area contributed by atoms with Crippen LogP contribution in [-0.2, 0) is 0 Å². The van der Waals surface area contributed by atoms with Crippen molar-refractivity contribution in [1.29, 1.82) is 0 Å². The number of phenols is 1. The fourth-order valence-electron chi connectivity index (χ4n) is 3.27. The van der Waals surface area contributed by atoms with Gasteiger partial charge in [-0.2, -0.15) is 0 Å². The second-order valence-electron chi connectivity index (χ2n) is 7.08. The summed E-state index contributed by atoms with van der Waals surface area (Å²) in [6.45, 7) is 8.57. The Morgan fingerprint density at radius 2 is 1.04 bits per heavy atom. The predicted molar refractivity (Wildman–Crippen MR) is 105 cm³/mol. The van der Waals surface area contributed by atoms with E-state index in [2.05, 4.69) is 82.3 Å². The highest BCUT2D eigenvalue weighted by atomic mass is 16.3. The zero-order valence-electron chi connectivity index (χ0n) is 15.5. The van der Waals surface area contributed by atoms with Gasteiger partial charge in [0.2, 0.25) is 0 Å². The Hall–Kier alpha value is -2.54. The zero-order chi connectivity index (χ0) is 18.0. The highest BCUT2D eigenvalue weighted by Gasteiger charge is 2.16. The van der Waals surface area contributed by atoms with Crippen molar-refractivity contribution in [2.75, 3.05) is 0 Å². The standard InChI is InChI=1S/C24H26O/c1-16-5-9-20(10-6-16)18(3)22-13-14-24(25)23(15-22)19(4)21-11-7-17(2)8-12-21/h5-15,18-19,25H,1-4H3. The molecule has 25 heavy (non-hydrogen) atoms. The maximum atomic E-state index is 10.4. The minimum absolute atomic E-state index is 0.158. The van der Waals surface area contributed by atoms with E-state index in [0.717, 1.165) is 5.56 Å². The van der Waals surface area contributed by atoms with Crippen LogP contribution in [0.4, 0.5) is 0 Å². The van der Waals surface area contributed by atoms with Crippen LogP contribution in [0.2, 0.25) is 0 Å². The molecule has 0 saturated heterocycles. The lowest BCUT2D eigenvalue weighted by Gasteiger charge is -2.19. The molecule has 3 rings (SSSR count). The quantitative estimate of drug-likeness (QED) is 0.594. The third-order valence-corrected chi connectivity index (χ3v) is 5.17. The molecule has 1 N–H and O–H groups in total. The number of hydrogen-bond donors (Lipinski definition) is 1. The van der Waals surface area contributed by atoms with E-state index in [1.54, 1.807) is 0 Å². The van der Waals surface area contributed by atoms with Crippen LogP contribution in [0.25, 0.3) is 0 Å². The van der Waals surface area contributed by atoms with Crippen LogP contribution < -0.4 is 0 Å². The molecule has 0 aromatic heterocycles. The Bertz CT molecular complexity index is 844. The molecule has 0 aliphatic carbocycles. The Kier molecular flexibility index (Phi) is 4.94. The van der Waals surface area contributed by atoms with Crippen LogP contribution in [0.1, 0.15) is 59.1 Å². The molecular formula is C24H26O. The first-order valence-corrected chi connectivity index (χ1v) is 8.91. The van der Waals surface area contributed by atoms with Gasteiger partial charge in [0, 0.05) is 17.4 Å². The number of rotatable bonds is 4. The monoisotopic (exact) mass is 330 g/mol. The van der Waals surface area contributed by atoms with E-state index in [1.165, 1.54) is 27.8 Å². The summed E-state index contributed by atoms with van der Waals surface area (Å²) in [7, 11) is 0. The minimum atomic E-state index is 0.158. The Morgan fingerprint density at radius 1 is 0.600 bits per heavy atom. The van der Waals surface area contributed by atoms with E-state index in [0.29, 0.717) is 11.7 Å². The van der Waals surface area contributed by atoms with E-state index >= 15 is 0 Å². The van der Waals surface area contributed by atoms with Gasteiger partial charge >= 0.3 is 0 Å². The minimum Gasteiger partial charge on any atom is -0.508 e. The fourth-order valence-corrected chi connectivity index (χ4v) is 3.27. The summed E-state index contributed by atoms with van der Waals surface area (Å²) >= 11 is 0.